The minimum Gasteiger partial charge on any atom is -0.481 e. The molecule has 0 amide bonds. The van der Waals surface area contributed by atoms with E-state index < -0.39 is 4.92 Å². The van der Waals surface area contributed by atoms with Crippen LogP contribution in [-0.4, -0.2) is 22.0 Å². The predicted molar refractivity (Wildman–Crippen MR) is 76.7 cm³/mol. The summed E-state index contributed by atoms with van der Waals surface area (Å²) in [5.41, 5.74) is 0.795. The van der Waals surface area contributed by atoms with Gasteiger partial charge in [0, 0.05) is 24.4 Å². The molecule has 20 heavy (non-hydrogen) atoms. The normalized spacial score (nSPS) is 10.1. The zero-order chi connectivity index (χ0) is 14.5. The van der Waals surface area contributed by atoms with Gasteiger partial charge in [0.25, 0.3) is 5.69 Å². The number of nitro groups is 1. The van der Waals surface area contributed by atoms with Crippen LogP contribution in [-0.2, 0) is 6.54 Å². The van der Waals surface area contributed by atoms with E-state index in [1.165, 1.54) is 12.3 Å². The number of nitrogens with one attached hydrogen (secondary N) is 1. The highest BCUT2D eigenvalue weighted by Crippen LogP contribution is 2.25. The minimum atomic E-state index is -0.494. The SMILES string of the molecule is COc1ncccc1CNc1ncc([N+](=O)[O-])cc1Br. The Bertz CT molecular complexity index is 636. The Morgan fingerprint density at radius 1 is 1.50 bits per heavy atom. The van der Waals surface area contributed by atoms with Gasteiger partial charge < -0.3 is 10.1 Å². The molecule has 0 bridgehead atoms. The van der Waals surface area contributed by atoms with Gasteiger partial charge in [0.1, 0.15) is 12.0 Å². The first kappa shape index (κ1) is 14.2. The summed E-state index contributed by atoms with van der Waals surface area (Å²) in [5, 5.41) is 13.7. The Kier molecular flexibility index (Phi) is 4.46. The highest BCUT2D eigenvalue weighted by atomic mass is 79.9. The van der Waals surface area contributed by atoms with Crippen LogP contribution in [0.3, 0.4) is 0 Å². The lowest BCUT2D eigenvalue weighted by Crippen LogP contribution is -2.05. The van der Waals surface area contributed by atoms with Gasteiger partial charge in [-0.2, -0.15) is 0 Å². The van der Waals surface area contributed by atoms with Gasteiger partial charge in [-0.1, -0.05) is 6.07 Å². The maximum absolute atomic E-state index is 10.6. The van der Waals surface area contributed by atoms with Crippen LogP contribution in [0.5, 0.6) is 5.88 Å². The van der Waals surface area contributed by atoms with Gasteiger partial charge in [0.2, 0.25) is 5.88 Å². The fourth-order valence-electron chi connectivity index (χ4n) is 1.58. The molecular weight excluding hydrogens is 328 g/mol. The summed E-state index contributed by atoms with van der Waals surface area (Å²) in [6.45, 7) is 0.445. The molecular formula is C12H11BrN4O3. The molecule has 0 saturated carbocycles. The zero-order valence-corrected chi connectivity index (χ0v) is 12.1. The van der Waals surface area contributed by atoms with Crippen molar-refractivity contribution in [2.45, 2.75) is 6.54 Å². The Hall–Kier alpha value is -2.22. The molecule has 0 unspecified atom stereocenters. The number of aromatic nitrogens is 2. The van der Waals surface area contributed by atoms with Crippen molar-refractivity contribution >= 4 is 27.4 Å². The third-order valence-electron chi connectivity index (χ3n) is 2.53. The van der Waals surface area contributed by atoms with Crippen LogP contribution in [0.25, 0.3) is 0 Å². The molecule has 2 aromatic heterocycles. The molecule has 7 nitrogen and oxygen atoms in total. The summed E-state index contributed by atoms with van der Waals surface area (Å²) in [6, 6.07) is 5.08. The van der Waals surface area contributed by atoms with Crippen molar-refractivity contribution in [3.05, 3.63) is 50.7 Å². The Morgan fingerprint density at radius 3 is 2.95 bits per heavy atom. The molecule has 1 N–H and O–H groups in total. The van der Waals surface area contributed by atoms with Crippen molar-refractivity contribution in [1.82, 2.24) is 9.97 Å². The monoisotopic (exact) mass is 338 g/mol. The number of anilines is 1. The fourth-order valence-corrected chi connectivity index (χ4v) is 2.06. The lowest BCUT2D eigenvalue weighted by atomic mass is 10.2. The van der Waals surface area contributed by atoms with Gasteiger partial charge in [-0.25, -0.2) is 9.97 Å². The molecule has 2 heterocycles. The molecule has 0 spiro atoms. The molecule has 0 radical (unpaired) electrons. The molecule has 0 fully saturated rings. The van der Waals surface area contributed by atoms with Crippen LogP contribution in [0, 0.1) is 10.1 Å². The highest BCUT2D eigenvalue weighted by molar-refractivity contribution is 9.10. The lowest BCUT2D eigenvalue weighted by Gasteiger charge is -2.09. The van der Waals surface area contributed by atoms with E-state index in [1.54, 1.807) is 19.4 Å². The maximum Gasteiger partial charge on any atom is 0.288 e. The van der Waals surface area contributed by atoms with Gasteiger partial charge in [0.15, 0.2) is 0 Å². The first-order valence-corrected chi connectivity index (χ1v) is 6.43. The maximum atomic E-state index is 10.6. The molecule has 0 aliphatic rings. The van der Waals surface area contributed by atoms with E-state index in [-0.39, 0.29) is 5.69 Å². The van der Waals surface area contributed by atoms with E-state index in [1.807, 2.05) is 6.07 Å². The molecule has 0 atom stereocenters. The van der Waals surface area contributed by atoms with E-state index in [0.717, 1.165) is 5.56 Å². The van der Waals surface area contributed by atoms with Crippen LogP contribution in [0.1, 0.15) is 5.56 Å². The molecule has 0 aliphatic carbocycles. The third-order valence-corrected chi connectivity index (χ3v) is 3.13. The predicted octanol–water partition coefficient (Wildman–Crippen LogP) is 2.77. The number of ether oxygens (including phenoxy) is 1. The molecule has 104 valence electrons. The number of hydrogen-bond donors (Lipinski definition) is 1. The largest absolute Gasteiger partial charge is 0.481 e. The topological polar surface area (TPSA) is 90.2 Å². The lowest BCUT2D eigenvalue weighted by molar-refractivity contribution is -0.385. The number of methoxy groups -OCH3 is 1. The average Bonchev–Trinajstić information content (AvgIpc) is 2.46. The number of rotatable bonds is 5. The second-order valence-electron chi connectivity index (χ2n) is 3.81. The van der Waals surface area contributed by atoms with Crippen molar-refractivity contribution < 1.29 is 9.66 Å². The van der Waals surface area contributed by atoms with Gasteiger partial charge in [0.05, 0.1) is 16.5 Å². The first-order chi connectivity index (χ1) is 9.61. The van der Waals surface area contributed by atoms with Crippen molar-refractivity contribution in [3.8, 4) is 5.88 Å². The van der Waals surface area contributed by atoms with Crippen molar-refractivity contribution in [2.24, 2.45) is 0 Å². The third kappa shape index (κ3) is 3.21. The summed E-state index contributed by atoms with van der Waals surface area (Å²) >= 11 is 3.25. The summed E-state index contributed by atoms with van der Waals surface area (Å²) in [5.74, 6) is 1.04. The van der Waals surface area contributed by atoms with E-state index in [4.69, 9.17) is 4.74 Å². The average molecular weight is 339 g/mol. The molecule has 0 aromatic carbocycles. The van der Waals surface area contributed by atoms with E-state index >= 15 is 0 Å². The quantitative estimate of drug-likeness (QED) is 0.665. The summed E-state index contributed by atoms with van der Waals surface area (Å²) in [7, 11) is 1.55. The smallest absolute Gasteiger partial charge is 0.288 e. The highest BCUT2D eigenvalue weighted by Gasteiger charge is 2.11. The van der Waals surface area contributed by atoms with E-state index in [0.29, 0.717) is 22.7 Å². The minimum absolute atomic E-state index is 0.0682. The molecule has 2 aromatic rings. The molecule has 8 heteroatoms. The van der Waals surface area contributed by atoms with Crippen LogP contribution in [0.4, 0.5) is 11.5 Å². The van der Waals surface area contributed by atoms with Gasteiger partial charge in [-0.05, 0) is 22.0 Å². The van der Waals surface area contributed by atoms with Gasteiger partial charge in [-0.15, -0.1) is 0 Å². The second-order valence-corrected chi connectivity index (χ2v) is 4.66. The molecule has 0 aliphatic heterocycles. The standard InChI is InChI=1S/C12H11BrN4O3/c1-20-12-8(3-2-4-14-12)6-15-11-10(13)5-9(7-16-11)17(18)19/h2-5,7H,6H2,1H3,(H,15,16). The van der Waals surface area contributed by atoms with Crippen molar-refractivity contribution in [1.29, 1.82) is 0 Å². The van der Waals surface area contributed by atoms with Gasteiger partial charge >= 0.3 is 0 Å². The van der Waals surface area contributed by atoms with Crippen LogP contribution >= 0.6 is 15.9 Å². The number of hydrogen-bond acceptors (Lipinski definition) is 6. The molecule has 2 rings (SSSR count). The van der Waals surface area contributed by atoms with Crippen LogP contribution in [0.2, 0.25) is 0 Å². The Labute approximate surface area is 123 Å². The summed E-state index contributed by atoms with van der Waals surface area (Å²) < 4.78 is 5.66. The second kappa shape index (κ2) is 6.29. The van der Waals surface area contributed by atoms with E-state index in [9.17, 15) is 10.1 Å². The molecule has 0 saturated heterocycles. The van der Waals surface area contributed by atoms with Crippen molar-refractivity contribution in [3.63, 3.8) is 0 Å². The summed E-state index contributed by atoms with van der Waals surface area (Å²) in [4.78, 5) is 18.2. The number of halogens is 1. The first-order valence-electron chi connectivity index (χ1n) is 5.63. The number of nitrogens with zero attached hydrogens (tertiary/aromatic N) is 3. The van der Waals surface area contributed by atoms with E-state index in [2.05, 4.69) is 31.2 Å². The number of pyridine rings is 2. The Balaban J connectivity index is 2.13. The fraction of sp³-hybridized carbons (Fsp3) is 0.167. The van der Waals surface area contributed by atoms with Crippen LogP contribution < -0.4 is 10.1 Å². The van der Waals surface area contributed by atoms with Crippen LogP contribution in [0.15, 0.2) is 35.1 Å². The zero-order valence-electron chi connectivity index (χ0n) is 10.5. The Morgan fingerprint density at radius 2 is 2.30 bits per heavy atom. The summed E-state index contributed by atoms with van der Waals surface area (Å²) in [6.07, 6.45) is 2.84. The van der Waals surface area contributed by atoms with Crippen molar-refractivity contribution in [2.75, 3.05) is 12.4 Å². The van der Waals surface area contributed by atoms with Gasteiger partial charge in [-0.3, -0.25) is 10.1 Å².